The summed E-state index contributed by atoms with van der Waals surface area (Å²) in [5, 5.41) is 6.68. The Bertz CT molecular complexity index is 1000. The van der Waals surface area contributed by atoms with E-state index in [4.69, 9.17) is 0 Å². The zero-order valence-electron chi connectivity index (χ0n) is 15.4. The Hall–Kier alpha value is -2.58. The van der Waals surface area contributed by atoms with E-state index in [0.717, 1.165) is 42.4 Å². The van der Waals surface area contributed by atoms with Crippen molar-refractivity contribution in [2.45, 2.75) is 25.4 Å². The molecule has 2 aromatic heterocycles. The molecule has 0 spiro atoms. The number of amides is 1. The molecule has 1 aliphatic heterocycles. The first-order valence-electron chi connectivity index (χ1n) is 9.08. The zero-order chi connectivity index (χ0) is 19.7. The summed E-state index contributed by atoms with van der Waals surface area (Å²) in [7, 11) is 1.90. The smallest absolute Gasteiger partial charge is 0.265 e. The Kier molecular flexibility index (Phi) is 5.23. The van der Waals surface area contributed by atoms with Gasteiger partial charge in [0.15, 0.2) is 11.6 Å². The quantitative estimate of drug-likeness (QED) is 0.690. The molecule has 0 radical (unpaired) electrons. The minimum atomic E-state index is -1.05. The van der Waals surface area contributed by atoms with Crippen molar-refractivity contribution in [2.24, 2.45) is 7.05 Å². The Labute approximate surface area is 165 Å². The van der Waals surface area contributed by atoms with Crippen LogP contribution >= 0.6 is 11.3 Å². The van der Waals surface area contributed by atoms with Gasteiger partial charge in [0.1, 0.15) is 0 Å². The summed E-state index contributed by atoms with van der Waals surface area (Å²) < 4.78 is 28.9. The first-order chi connectivity index (χ1) is 13.5. The van der Waals surface area contributed by atoms with Crippen LogP contribution in [0.2, 0.25) is 0 Å². The van der Waals surface area contributed by atoms with Gasteiger partial charge in [-0.1, -0.05) is 6.07 Å². The van der Waals surface area contributed by atoms with Gasteiger partial charge in [0.25, 0.3) is 5.91 Å². The maximum absolute atomic E-state index is 13.8. The summed E-state index contributed by atoms with van der Waals surface area (Å²) in [6.45, 7) is 1.81. The summed E-state index contributed by atoms with van der Waals surface area (Å²) in [4.78, 5) is 16.4. The van der Waals surface area contributed by atoms with Gasteiger partial charge in [-0.15, -0.1) is 11.3 Å². The molecule has 1 saturated heterocycles. The zero-order valence-corrected chi connectivity index (χ0v) is 16.2. The van der Waals surface area contributed by atoms with Gasteiger partial charge in [-0.05, 0) is 43.7 Å². The van der Waals surface area contributed by atoms with Crippen LogP contribution in [-0.2, 0) is 13.6 Å². The number of anilines is 1. The van der Waals surface area contributed by atoms with Crippen molar-refractivity contribution in [3.8, 4) is 0 Å². The van der Waals surface area contributed by atoms with E-state index in [1.165, 1.54) is 23.5 Å². The van der Waals surface area contributed by atoms with Gasteiger partial charge in [-0.25, -0.2) is 8.78 Å². The van der Waals surface area contributed by atoms with Crippen LogP contribution < -0.4 is 5.32 Å². The summed E-state index contributed by atoms with van der Waals surface area (Å²) in [6, 6.07) is 7.67. The molecule has 1 aliphatic rings. The summed E-state index contributed by atoms with van der Waals surface area (Å²) >= 11 is 1.40. The molecule has 3 heterocycles. The number of hydrogen-bond acceptors (Lipinski definition) is 4. The molecular formula is C20H20F2N4OS. The maximum Gasteiger partial charge on any atom is 0.265 e. The van der Waals surface area contributed by atoms with Crippen LogP contribution in [0, 0.1) is 11.6 Å². The van der Waals surface area contributed by atoms with Crippen molar-refractivity contribution < 1.29 is 13.6 Å². The monoisotopic (exact) mass is 402 g/mol. The molecule has 146 valence electrons. The number of nitrogens with one attached hydrogen (secondary N) is 1. The predicted molar refractivity (Wildman–Crippen MR) is 104 cm³/mol. The minimum absolute atomic E-state index is 0.154. The molecule has 0 aliphatic carbocycles. The second-order valence-electron chi connectivity index (χ2n) is 6.91. The number of halogens is 2. The molecule has 1 N–H and O–H groups in total. The van der Waals surface area contributed by atoms with Crippen LogP contribution in [0.3, 0.4) is 0 Å². The van der Waals surface area contributed by atoms with E-state index in [-0.39, 0.29) is 11.7 Å². The van der Waals surface area contributed by atoms with E-state index in [9.17, 15) is 13.6 Å². The number of thiophene rings is 1. The minimum Gasteiger partial charge on any atom is -0.319 e. The second-order valence-corrected chi connectivity index (χ2v) is 8.02. The molecule has 0 bridgehead atoms. The number of nitrogens with zero attached hydrogens (tertiary/aromatic N) is 3. The van der Waals surface area contributed by atoms with Gasteiger partial charge in [0.05, 0.1) is 16.8 Å². The lowest BCUT2D eigenvalue weighted by molar-refractivity contribution is 0.103. The van der Waals surface area contributed by atoms with Crippen LogP contribution in [0.15, 0.2) is 42.7 Å². The van der Waals surface area contributed by atoms with Crippen molar-refractivity contribution in [2.75, 3.05) is 11.9 Å². The molecule has 0 saturated carbocycles. The summed E-state index contributed by atoms with van der Waals surface area (Å²) in [5.74, 6) is -2.47. The van der Waals surface area contributed by atoms with Crippen molar-refractivity contribution >= 4 is 22.9 Å². The topological polar surface area (TPSA) is 50.2 Å². The highest BCUT2D eigenvalue weighted by Gasteiger charge is 2.28. The van der Waals surface area contributed by atoms with E-state index in [1.807, 2.05) is 25.5 Å². The fourth-order valence-electron chi connectivity index (χ4n) is 3.56. The van der Waals surface area contributed by atoms with E-state index >= 15 is 0 Å². The normalized spacial score (nSPS) is 17.2. The third-order valence-electron chi connectivity index (χ3n) is 4.89. The second kappa shape index (κ2) is 7.81. The number of likely N-dealkylation sites (tertiary alicyclic amines) is 1. The molecule has 1 atom stereocenters. The fourth-order valence-corrected chi connectivity index (χ4v) is 4.64. The van der Waals surface area contributed by atoms with Gasteiger partial charge in [-0.2, -0.15) is 5.10 Å². The Balaban J connectivity index is 1.47. The molecule has 1 aromatic carbocycles. The highest BCUT2D eigenvalue weighted by Crippen LogP contribution is 2.37. The SMILES string of the molecule is Cn1cc(CN2CCCC2c2ccc(C(=O)Nc3cccc(F)c3F)s2)cn1. The number of carbonyl (C=O) groups excluding carboxylic acids is 1. The molecule has 4 rings (SSSR count). The molecular weight excluding hydrogens is 382 g/mol. The van der Waals surface area contributed by atoms with Gasteiger partial charge in [-0.3, -0.25) is 14.4 Å². The van der Waals surface area contributed by atoms with Crippen molar-refractivity contribution in [3.63, 3.8) is 0 Å². The van der Waals surface area contributed by atoms with Crippen LogP contribution in [0.1, 0.15) is 39.0 Å². The van der Waals surface area contributed by atoms with Crippen molar-refractivity contribution in [1.82, 2.24) is 14.7 Å². The van der Waals surface area contributed by atoms with E-state index < -0.39 is 17.5 Å². The molecule has 1 amide bonds. The van der Waals surface area contributed by atoms with Crippen LogP contribution in [-0.4, -0.2) is 27.1 Å². The summed E-state index contributed by atoms with van der Waals surface area (Å²) in [5.41, 5.74) is 1.00. The summed E-state index contributed by atoms with van der Waals surface area (Å²) in [6.07, 6.45) is 6.01. The molecule has 8 heteroatoms. The lowest BCUT2D eigenvalue weighted by Gasteiger charge is -2.22. The number of aromatic nitrogens is 2. The first-order valence-corrected chi connectivity index (χ1v) is 9.89. The van der Waals surface area contributed by atoms with Crippen molar-refractivity contribution in [1.29, 1.82) is 0 Å². The standard InChI is InChI=1S/C20H20F2N4OS/c1-25-11-13(10-23-25)12-26-9-3-6-16(26)17-7-8-18(28-17)20(27)24-15-5-2-4-14(21)19(15)22/h2,4-5,7-8,10-11,16H,3,6,9,12H2,1H3,(H,24,27). The maximum atomic E-state index is 13.8. The average Bonchev–Trinajstić information content (AvgIpc) is 3.40. The Morgan fingerprint density at radius 3 is 2.96 bits per heavy atom. The lowest BCUT2D eigenvalue weighted by atomic mass is 10.2. The number of aryl methyl sites for hydroxylation is 1. The van der Waals surface area contributed by atoms with Crippen LogP contribution in [0.4, 0.5) is 14.5 Å². The highest BCUT2D eigenvalue weighted by atomic mass is 32.1. The first kappa shape index (κ1) is 18.8. The average molecular weight is 402 g/mol. The fraction of sp³-hybridized carbons (Fsp3) is 0.300. The van der Waals surface area contributed by atoms with Crippen molar-refractivity contribution in [3.05, 3.63) is 69.7 Å². The van der Waals surface area contributed by atoms with E-state index in [0.29, 0.717) is 4.88 Å². The molecule has 1 fully saturated rings. The molecule has 5 nitrogen and oxygen atoms in total. The van der Waals surface area contributed by atoms with Gasteiger partial charge < -0.3 is 5.32 Å². The number of benzene rings is 1. The molecule has 3 aromatic rings. The number of carbonyl (C=O) groups is 1. The van der Waals surface area contributed by atoms with E-state index in [1.54, 1.807) is 10.7 Å². The number of rotatable bonds is 5. The molecule has 28 heavy (non-hydrogen) atoms. The predicted octanol–water partition coefficient (Wildman–Crippen LogP) is 4.35. The Morgan fingerprint density at radius 1 is 1.32 bits per heavy atom. The van der Waals surface area contributed by atoms with Gasteiger partial charge >= 0.3 is 0 Å². The number of hydrogen-bond donors (Lipinski definition) is 1. The third kappa shape index (κ3) is 3.83. The van der Waals surface area contributed by atoms with Gasteiger partial charge in [0, 0.05) is 36.3 Å². The Morgan fingerprint density at radius 2 is 2.18 bits per heavy atom. The highest BCUT2D eigenvalue weighted by molar-refractivity contribution is 7.14. The lowest BCUT2D eigenvalue weighted by Crippen LogP contribution is -2.21. The largest absolute Gasteiger partial charge is 0.319 e. The van der Waals surface area contributed by atoms with Crippen LogP contribution in [0.5, 0.6) is 0 Å². The van der Waals surface area contributed by atoms with Crippen LogP contribution in [0.25, 0.3) is 0 Å². The third-order valence-corrected chi connectivity index (χ3v) is 6.07. The van der Waals surface area contributed by atoms with E-state index in [2.05, 4.69) is 15.3 Å². The molecule has 1 unspecified atom stereocenters. The van der Waals surface area contributed by atoms with Gasteiger partial charge in [0.2, 0.25) is 0 Å².